The summed E-state index contributed by atoms with van der Waals surface area (Å²) >= 11 is 0. The third-order valence-electron chi connectivity index (χ3n) is 9.04. The van der Waals surface area contributed by atoms with Gasteiger partial charge in [-0.25, -0.2) is 8.78 Å². The molecule has 1 saturated heterocycles. The third kappa shape index (κ3) is 5.09. The van der Waals surface area contributed by atoms with Crippen LogP contribution in [0.15, 0.2) is 23.3 Å². The van der Waals surface area contributed by atoms with Crippen LogP contribution >= 0.6 is 0 Å². The number of allylic oxidation sites excluding steroid dienone is 3. The summed E-state index contributed by atoms with van der Waals surface area (Å²) in [6.07, 6.45) is 10.7. The third-order valence-corrected chi connectivity index (χ3v) is 9.04. The van der Waals surface area contributed by atoms with E-state index in [1.54, 1.807) is 5.57 Å². The van der Waals surface area contributed by atoms with E-state index < -0.39 is 24.6 Å². The topological polar surface area (TPSA) is 43.7 Å². The van der Waals surface area contributed by atoms with Crippen molar-refractivity contribution in [2.24, 2.45) is 29.1 Å². The Morgan fingerprint density at radius 2 is 1.84 bits per heavy atom. The lowest BCUT2D eigenvalue weighted by atomic mass is 9.61. The molecule has 0 spiro atoms. The Kier molecular flexibility index (Phi) is 7.24. The van der Waals surface area contributed by atoms with E-state index in [1.807, 2.05) is 0 Å². The molecule has 4 rings (SSSR count). The first-order valence-corrected chi connectivity index (χ1v) is 12.5. The van der Waals surface area contributed by atoms with Crippen molar-refractivity contribution in [1.82, 2.24) is 4.90 Å². The zero-order chi connectivity index (χ0) is 22.2. The number of rotatable bonds is 6. The number of hydrogen-bond acceptors (Lipinski definition) is 3. The first-order chi connectivity index (χ1) is 14.8. The molecule has 4 aliphatic rings. The van der Waals surface area contributed by atoms with E-state index in [-0.39, 0.29) is 0 Å². The second-order valence-corrected chi connectivity index (χ2v) is 11.2. The minimum absolute atomic E-state index is 0.341. The minimum Gasteiger partial charge on any atom is -0.393 e. The zero-order valence-electron chi connectivity index (χ0n) is 19.3. The van der Waals surface area contributed by atoms with E-state index in [1.165, 1.54) is 37.7 Å². The van der Waals surface area contributed by atoms with Crippen molar-refractivity contribution < 1.29 is 19.0 Å². The van der Waals surface area contributed by atoms with Gasteiger partial charge in [0.15, 0.2) is 0 Å². The molecule has 0 aromatic rings. The number of aliphatic hydroxyl groups is 2. The lowest BCUT2D eigenvalue weighted by Gasteiger charge is -2.45. The molecule has 3 aliphatic carbocycles. The molecule has 1 aliphatic heterocycles. The van der Waals surface area contributed by atoms with E-state index >= 15 is 0 Å². The second kappa shape index (κ2) is 9.61. The highest BCUT2D eigenvalue weighted by Gasteiger charge is 2.50. The molecular formula is C26H41F2NO2. The summed E-state index contributed by atoms with van der Waals surface area (Å²) in [5.41, 5.74) is 3.08. The van der Waals surface area contributed by atoms with Crippen LogP contribution in [0.5, 0.6) is 0 Å². The molecule has 176 valence electrons. The molecule has 5 heteroatoms. The number of nitrogens with zero attached hydrogens (tertiary/aromatic N) is 1. The summed E-state index contributed by atoms with van der Waals surface area (Å²) in [5, 5.41) is 19.9. The highest BCUT2D eigenvalue weighted by molar-refractivity contribution is 5.26. The van der Waals surface area contributed by atoms with E-state index in [0.717, 1.165) is 13.0 Å². The Morgan fingerprint density at radius 3 is 2.52 bits per heavy atom. The van der Waals surface area contributed by atoms with Gasteiger partial charge in [-0.15, -0.1) is 0 Å². The highest BCUT2D eigenvalue weighted by atomic mass is 19.3. The minimum atomic E-state index is -2.16. The molecule has 31 heavy (non-hydrogen) atoms. The molecule has 2 N–H and O–H groups in total. The van der Waals surface area contributed by atoms with Crippen LogP contribution in [-0.4, -0.2) is 53.4 Å². The van der Waals surface area contributed by atoms with Gasteiger partial charge in [0.05, 0.1) is 12.2 Å². The van der Waals surface area contributed by atoms with Crippen LogP contribution in [0.3, 0.4) is 0 Å². The molecule has 0 bridgehead atoms. The maximum Gasteiger partial charge on any atom is 0.243 e. The summed E-state index contributed by atoms with van der Waals surface area (Å²) in [4.78, 5) is 2.20. The summed E-state index contributed by atoms with van der Waals surface area (Å²) in [6.45, 7) is 6.98. The fraction of sp³-hybridized carbons (Fsp3) is 0.846. The van der Waals surface area contributed by atoms with Crippen LogP contribution in [0.25, 0.3) is 0 Å². The lowest BCUT2D eigenvalue weighted by Crippen LogP contribution is -2.50. The van der Waals surface area contributed by atoms with Crippen molar-refractivity contribution in [3.05, 3.63) is 23.3 Å². The average Bonchev–Trinajstić information content (AvgIpc) is 3.01. The summed E-state index contributed by atoms with van der Waals surface area (Å²) in [7, 11) is 0. The molecule has 4 fully saturated rings. The molecule has 3 nitrogen and oxygen atoms in total. The molecule has 1 heterocycles. The number of fused-ring (bicyclic) bond motifs is 1. The van der Waals surface area contributed by atoms with Crippen LogP contribution in [0, 0.1) is 29.1 Å². The summed E-state index contributed by atoms with van der Waals surface area (Å²) < 4.78 is 25.5. The van der Waals surface area contributed by atoms with Gasteiger partial charge in [-0.3, -0.25) is 0 Å². The number of hydrogen-bond donors (Lipinski definition) is 2. The lowest BCUT2D eigenvalue weighted by molar-refractivity contribution is -0.0280. The molecule has 1 unspecified atom stereocenters. The van der Waals surface area contributed by atoms with Crippen molar-refractivity contribution in [2.45, 2.75) is 90.3 Å². The molecular weight excluding hydrogens is 396 g/mol. The van der Waals surface area contributed by atoms with E-state index in [2.05, 4.69) is 30.9 Å². The van der Waals surface area contributed by atoms with Crippen LogP contribution in [0.4, 0.5) is 8.78 Å². The first-order valence-electron chi connectivity index (χ1n) is 12.5. The van der Waals surface area contributed by atoms with Crippen molar-refractivity contribution in [2.75, 3.05) is 19.6 Å². The Hall–Kier alpha value is -0.780. The van der Waals surface area contributed by atoms with Crippen LogP contribution in [0.1, 0.15) is 71.6 Å². The van der Waals surface area contributed by atoms with Crippen molar-refractivity contribution in [3.8, 4) is 0 Å². The number of likely N-dealkylation sites (tertiary alicyclic amines) is 1. The van der Waals surface area contributed by atoms with Gasteiger partial charge in [-0.2, -0.15) is 0 Å². The van der Waals surface area contributed by atoms with E-state index in [9.17, 15) is 19.0 Å². The van der Waals surface area contributed by atoms with Gasteiger partial charge >= 0.3 is 0 Å². The van der Waals surface area contributed by atoms with Gasteiger partial charge in [-0.1, -0.05) is 37.1 Å². The summed E-state index contributed by atoms with van der Waals surface area (Å²) in [6, 6.07) is 0. The maximum absolute atomic E-state index is 12.7. The molecule has 0 aromatic heterocycles. The van der Waals surface area contributed by atoms with Gasteiger partial charge in [0.25, 0.3) is 0 Å². The summed E-state index contributed by atoms with van der Waals surface area (Å²) in [5.74, 6) is 1.56. The standard InChI is InChI=1S/C26H41F2NO2/c1-17(9-11-29-15-20(16-29)25(27)28)23-7-8-24-19(4-3-10-26(23,24)2)6-5-18-12-21(30)14-22(31)13-18/h5-6,17,20-25,30-31H,3-4,7-16H2,1-2H3/t17?,21-,22-,23-,24+,26-/m1/s1. The van der Waals surface area contributed by atoms with Crippen LogP contribution in [-0.2, 0) is 0 Å². The Labute approximate surface area is 186 Å². The number of halogens is 2. The van der Waals surface area contributed by atoms with E-state index in [4.69, 9.17) is 0 Å². The predicted molar refractivity (Wildman–Crippen MR) is 120 cm³/mol. The van der Waals surface area contributed by atoms with Gasteiger partial charge in [0.1, 0.15) is 0 Å². The quantitative estimate of drug-likeness (QED) is 0.601. The van der Waals surface area contributed by atoms with Gasteiger partial charge < -0.3 is 15.1 Å². The predicted octanol–water partition coefficient (Wildman–Crippen LogP) is 5.18. The van der Waals surface area contributed by atoms with Crippen molar-refractivity contribution in [1.29, 1.82) is 0 Å². The van der Waals surface area contributed by atoms with Gasteiger partial charge in [0, 0.05) is 19.0 Å². The number of alkyl halides is 2. The monoisotopic (exact) mass is 437 g/mol. The SMILES string of the molecule is CC(CCN1CC(C(F)F)C1)[C@H]1CC[C@H]2C(=CC=C3C[C@@H](O)C[C@H](O)C3)CCC[C@]12C. The van der Waals surface area contributed by atoms with Crippen LogP contribution < -0.4 is 0 Å². The van der Waals surface area contributed by atoms with E-state index in [0.29, 0.717) is 55.5 Å². The fourth-order valence-electron chi connectivity index (χ4n) is 7.28. The Morgan fingerprint density at radius 1 is 1.13 bits per heavy atom. The highest BCUT2D eigenvalue weighted by Crippen LogP contribution is 2.59. The average molecular weight is 438 g/mol. The zero-order valence-corrected chi connectivity index (χ0v) is 19.3. The first kappa shape index (κ1) is 23.4. The fourth-order valence-corrected chi connectivity index (χ4v) is 7.28. The smallest absolute Gasteiger partial charge is 0.243 e. The molecule has 0 aromatic carbocycles. The van der Waals surface area contributed by atoms with Crippen molar-refractivity contribution >= 4 is 0 Å². The number of aliphatic hydroxyl groups excluding tert-OH is 2. The second-order valence-electron chi connectivity index (χ2n) is 11.2. The molecule has 0 radical (unpaired) electrons. The van der Waals surface area contributed by atoms with Crippen LogP contribution in [0.2, 0.25) is 0 Å². The molecule has 3 saturated carbocycles. The largest absolute Gasteiger partial charge is 0.393 e. The van der Waals surface area contributed by atoms with Crippen molar-refractivity contribution in [3.63, 3.8) is 0 Å². The Balaban J connectivity index is 1.36. The van der Waals surface area contributed by atoms with Gasteiger partial charge in [-0.05, 0) is 87.5 Å². The maximum atomic E-state index is 12.7. The molecule has 0 amide bonds. The Bertz CT molecular complexity index is 675. The molecule has 6 atom stereocenters. The van der Waals surface area contributed by atoms with Gasteiger partial charge in [0.2, 0.25) is 6.43 Å². The normalized spacial score (nSPS) is 39.6.